The molecule has 0 spiro atoms. The molecule has 0 rings (SSSR count). The number of carbonyl (C=O) groups is 2. The predicted molar refractivity (Wildman–Crippen MR) is 92.1 cm³/mol. The number of carbonyl (C=O) groups excluding carboxylic acids is 1. The van der Waals surface area contributed by atoms with E-state index >= 15 is 0 Å². The third-order valence-corrected chi connectivity index (χ3v) is 3.99. The second-order valence-electron chi connectivity index (χ2n) is 6.15. The minimum absolute atomic E-state index is 0.219. The summed E-state index contributed by atoms with van der Waals surface area (Å²) in [5.41, 5.74) is 1.00. The Morgan fingerprint density at radius 3 is 1.95 bits per heavy atom. The quantitative estimate of drug-likeness (QED) is 0.313. The van der Waals surface area contributed by atoms with Gasteiger partial charge >= 0.3 is 5.97 Å². The van der Waals surface area contributed by atoms with Crippen LogP contribution in [0.2, 0.25) is 0 Å². The molecule has 0 amide bonds. The molecule has 0 aromatic rings. The number of Topliss-reactive ketones (excluding diaryl/α,β-unsaturated/α-hetero) is 1. The van der Waals surface area contributed by atoms with Crippen LogP contribution in [0.5, 0.6) is 0 Å². The molecule has 1 N–H and O–H groups in total. The highest BCUT2D eigenvalue weighted by Gasteiger charge is 2.03. The molecule has 0 bridgehead atoms. The minimum atomic E-state index is -0.701. The van der Waals surface area contributed by atoms with Crippen LogP contribution in [0, 0.1) is 0 Å². The van der Waals surface area contributed by atoms with Gasteiger partial charge in [0.15, 0.2) is 5.78 Å². The SMILES string of the molecule is CCCCCCC/C(=C/CCCCCCCC(=O)O)C(C)=O. The maximum absolute atomic E-state index is 11.6. The summed E-state index contributed by atoms with van der Waals surface area (Å²) in [6, 6.07) is 0. The number of carboxylic acid groups (broad SMARTS) is 1. The summed E-state index contributed by atoms with van der Waals surface area (Å²) >= 11 is 0. The Morgan fingerprint density at radius 2 is 1.36 bits per heavy atom. The minimum Gasteiger partial charge on any atom is -0.481 e. The highest BCUT2D eigenvalue weighted by molar-refractivity contribution is 5.93. The second-order valence-corrected chi connectivity index (χ2v) is 6.15. The summed E-state index contributed by atoms with van der Waals surface area (Å²) in [7, 11) is 0. The van der Waals surface area contributed by atoms with Crippen LogP contribution in [-0.4, -0.2) is 16.9 Å². The smallest absolute Gasteiger partial charge is 0.303 e. The van der Waals surface area contributed by atoms with Crippen LogP contribution < -0.4 is 0 Å². The molecule has 128 valence electrons. The third-order valence-electron chi connectivity index (χ3n) is 3.99. The van der Waals surface area contributed by atoms with Crippen LogP contribution in [0.1, 0.15) is 97.3 Å². The van der Waals surface area contributed by atoms with E-state index in [4.69, 9.17) is 5.11 Å². The van der Waals surface area contributed by atoms with Gasteiger partial charge in [0.1, 0.15) is 0 Å². The van der Waals surface area contributed by atoms with Crippen molar-refractivity contribution in [1.82, 2.24) is 0 Å². The zero-order chi connectivity index (χ0) is 16.6. The van der Waals surface area contributed by atoms with Gasteiger partial charge in [-0.25, -0.2) is 0 Å². The Morgan fingerprint density at radius 1 is 0.818 bits per heavy atom. The van der Waals surface area contributed by atoms with Crippen molar-refractivity contribution >= 4 is 11.8 Å². The van der Waals surface area contributed by atoms with Crippen molar-refractivity contribution in [2.75, 3.05) is 0 Å². The first-order valence-electron chi connectivity index (χ1n) is 8.99. The summed E-state index contributed by atoms with van der Waals surface area (Å²) in [4.78, 5) is 22.0. The van der Waals surface area contributed by atoms with E-state index in [-0.39, 0.29) is 12.2 Å². The van der Waals surface area contributed by atoms with Crippen molar-refractivity contribution in [2.24, 2.45) is 0 Å². The van der Waals surface area contributed by atoms with Crippen LogP contribution in [0.15, 0.2) is 11.6 Å². The fourth-order valence-electron chi connectivity index (χ4n) is 2.57. The highest BCUT2D eigenvalue weighted by atomic mass is 16.4. The lowest BCUT2D eigenvalue weighted by molar-refractivity contribution is -0.137. The maximum Gasteiger partial charge on any atom is 0.303 e. The standard InChI is InChI=1S/C19H34O3/c1-3-4-5-8-11-14-18(17(2)20)15-12-9-6-7-10-13-16-19(21)22/h15H,3-14,16H2,1-2H3,(H,21,22)/b18-15-. The van der Waals surface area contributed by atoms with Gasteiger partial charge in [0.05, 0.1) is 0 Å². The summed E-state index contributed by atoms with van der Waals surface area (Å²) in [5, 5.41) is 8.55. The van der Waals surface area contributed by atoms with Crippen LogP contribution in [-0.2, 0) is 9.59 Å². The van der Waals surface area contributed by atoms with E-state index in [2.05, 4.69) is 13.0 Å². The zero-order valence-corrected chi connectivity index (χ0v) is 14.5. The Balaban J connectivity index is 3.70. The van der Waals surface area contributed by atoms with Crippen molar-refractivity contribution in [3.05, 3.63) is 11.6 Å². The Labute approximate surface area is 136 Å². The van der Waals surface area contributed by atoms with Gasteiger partial charge in [0, 0.05) is 6.42 Å². The van der Waals surface area contributed by atoms with Gasteiger partial charge in [-0.1, -0.05) is 57.9 Å². The number of unbranched alkanes of at least 4 members (excludes halogenated alkanes) is 9. The first-order valence-corrected chi connectivity index (χ1v) is 8.99. The van der Waals surface area contributed by atoms with Gasteiger partial charge in [0.25, 0.3) is 0 Å². The fourth-order valence-corrected chi connectivity index (χ4v) is 2.57. The van der Waals surface area contributed by atoms with E-state index in [9.17, 15) is 9.59 Å². The summed E-state index contributed by atoms with van der Waals surface area (Å²) in [6.45, 7) is 3.88. The molecule has 3 nitrogen and oxygen atoms in total. The molecule has 0 saturated heterocycles. The molecule has 0 atom stereocenters. The largest absolute Gasteiger partial charge is 0.481 e. The monoisotopic (exact) mass is 310 g/mol. The number of ketones is 1. The van der Waals surface area contributed by atoms with Gasteiger partial charge in [-0.15, -0.1) is 0 Å². The molecule has 0 radical (unpaired) electrons. The van der Waals surface area contributed by atoms with Gasteiger partial charge in [-0.3, -0.25) is 9.59 Å². The Bertz CT molecular complexity index is 332. The van der Waals surface area contributed by atoms with Crippen molar-refractivity contribution in [3.8, 4) is 0 Å². The van der Waals surface area contributed by atoms with Crippen molar-refractivity contribution < 1.29 is 14.7 Å². The average molecular weight is 310 g/mol. The van der Waals surface area contributed by atoms with E-state index in [1.807, 2.05) is 0 Å². The van der Waals surface area contributed by atoms with Crippen LogP contribution in [0.3, 0.4) is 0 Å². The third kappa shape index (κ3) is 13.8. The van der Waals surface area contributed by atoms with Crippen LogP contribution >= 0.6 is 0 Å². The van der Waals surface area contributed by atoms with Crippen molar-refractivity contribution in [2.45, 2.75) is 97.3 Å². The number of carboxylic acids is 1. The molecule has 0 fully saturated rings. The fraction of sp³-hybridized carbons (Fsp3) is 0.789. The first-order chi connectivity index (χ1) is 10.6. The van der Waals surface area contributed by atoms with E-state index in [1.54, 1.807) is 6.92 Å². The molecule has 0 heterocycles. The first kappa shape index (κ1) is 20.9. The van der Waals surface area contributed by atoms with Crippen LogP contribution in [0.4, 0.5) is 0 Å². The Hall–Kier alpha value is -1.12. The molecule has 0 unspecified atom stereocenters. The van der Waals surface area contributed by atoms with E-state index in [0.29, 0.717) is 0 Å². The van der Waals surface area contributed by atoms with Gasteiger partial charge in [-0.05, 0) is 44.6 Å². The lowest BCUT2D eigenvalue weighted by atomic mass is 10.0. The number of aliphatic carboxylic acids is 1. The Kier molecular flexibility index (Phi) is 14.0. The van der Waals surface area contributed by atoms with Crippen LogP contribution in [0.25, 0.3) is 0 Å². The molecule has 0 aliphatic carbocycles. The molecular formula is C19H34O3. The number of allylic oxidation sites excluding steroid dienone is 2. The van der Waals surface area contributed by atoms with Crippen molar-refractivity contribution in [1.29, 1.82) is 0 Å². The van der Waals surface area contributed by atoms with Gasteiger partial charge in [-0.2, -0.15) is 0 Å². The molecular weight excluding hydrogens is 276 g/mol. The summed E-state index contributed by atoms with van der Waals surface area (Å²) in [6.07, 6.45) is 15.6. The molecule has 22 heavy (non-hydrogen) atoms. The van der Waals surface area contributed by atoms with E-state index in [1.165, 1.54) is 25.7 Å². The zero-order valence-electron chi connectivity index (χ0n) is 14.5. The second kappa shape index (κ2) is 14.8. The lowest BCUT2D eigenvalue weighted by Gasteiger charge is -2.04. The molecule has 0 aromatic heterocycles. The normalized spacial score (nSPS) is 11.6. The topological polar surface area (TPSA) is 54.4 Å². The van der Waals surface area contributed by atoms with E-state index in [0.717, 1.165) is 56.9 Å². The van der Waals surface area contributed by atoms with Crippen molar-refractivity contribution in [3.63, 3.8) is 0 Å². The predicted octanol–water partition coefficient (Wildman–Crippen LogP) is 5.68. The number of rotatable bonds is 15. The summed E-state index contributed by atoms with van der Waals surface area (Å²) in [5.74, 6) is -0.482. The number of hydrogen-bond donors (Lipinski definition) is 1. The van der Waals surface area contributed by atoms with Gasteiger partial charge in [0.2, 0.25) is 0 Å². The highest BCUT2D eigenvalue weighted by Crippen LogP contribution is 2.14. The van der Waals surface area contributed by atoms with E-state index < -0.39 is 5.97 Å². The molecule has 0 aliphatic rings. The molecule has 0 saturated carbocycles. The molecule has 0 aromatic carbocycles. The van der Waals surface area contributed by atoms with Gasteiger partial charge < -0.3 is 5.11 Å². The molecule has 3 heteroatoms. The molecule has 0 aliphatic heterocycles. The number of hydrogen-bond acceptors (Lipinski definition) is 2. The average Bonchev–Trinajstić information content (AvgIpc) is 2.46. The lowest BCUT2D eigenvalue weighted by Crippen LogP contribution is -1.97. The maximum atomic E-state index is 11.6. The summed E-state index contributed by atoms with van der Waals surface area (Å²) < 4.78 is 0.